The monoisotopic (exact) mass is 342 g/mol. The van der Waals surface area contributed by atoms with Gasteiger partial charge in [0.2, 0.25) is 0 Å². The van der Waals surface area contributed by atoms with Gasteiger partial charge in [0.05, 0.1) is 18.4 Å². The molecule has 1 aliphatic rings. The minimum absolute atomic E-state index is 0.0319. The van der Waals surface area contributed by atoms with E-state index in [1.807, 2.05) is 27.7 Å². The standard InChI is InChI=1S/C19H34O5/c1-7-8-16(22-12-15-9-10-15)14(3)23-18(21)13(2)11-17(20)24-19(4,5)6/h13-16H,7-12H2,1-6H3/t13-,14+,16-/m1/s1. The molecule has 0 spiro atoms. The Kier molecular flexibility index (Phi) is 8.20. The molecule has 140 valence electrons. The van der Waals surface area contributed by atoms with E-state index in [-0.39, 0.29) is 30.6 Å². The molecule has 0 aromatic carbocycles. The number of rotatable bonds is 10. The maximum Gasteiger partial charge on any atom is 0.309 e. The molecule has 1 rings (SSSR count). The SMILES string of the molecule is CCC[C@@H](OCC1CC1)[C@H](C)OC(=O)[C@H](C)CC(=O)OC(C)(C)C. The molecule has 24 heavy (non-hydrogen) atoms. The van der Waals surface area contributed by atoms with Gasteiger partial charge in [-0.15, -0.1) is 0 Å². The fourth-order valence-corrected chi connectivity index (χ4v) is 2.37. The van der Waals surface area contributed by atoms with Crippen molar-refractivity contribution >= 4 is 11.9 Å². The van der Waals surface area contributed by atoms with Crippen LogP contribution in [0.5, 0.6) is 0 Å². The summed E-state index contributed by atoms with van der Waals surface area (Å²) in [5, 5.41) is 0. The number of ether oxygens (including phenoxy) is 3. The van der Waals surface area contributed by atoms with Gasteiger partial charge in [0, 0.05) is 6.61 Å². The van der Waals surface area contributed by atoms with Gasteiger partial charge in [-0.05, 0) is 52.9 Å². The highest BCUT2D eigenvalue weighted by Gasteiger charge is 2.29. The third-order valence-corrected chi connectivity index (χ3v) is 3.94. The molecule has 0 N–H and O–H groups in total. The molecule has 1 saturated carbocycles. The molecule has 3 atom stereocenters. The van der Waals surface area contributed by atoms with E-state index in [1.54, 1.807) is 6.92 Å². The zero-order chi connectivity index (χ0) is 18.3. The molecule has 5 nitrogen and oxygen atoms in total. The van der Waals surface area contributed by atoms with Crippen LogP contribution in [0.25, 0.3) is 0 Å². The van der Waals surface area contributed by atoms with Crippen molar-refractivity contribution in [3.05, 3.63) is 0 Å². The van der Waals surface area contributed by atoms with Crippen molar-refractivity contribution in [3.63, 3.8) is 0 Å². The van der Waals surface area contributed by atoms with E-state index in [0.717, 1.165) is 19.4 Å². The van der Waals surface area contributed by atoms with Gasteiger partial charge in [-0.3, -0.25) is 9.59 Å². The first-order valence-corrected chi connectivity index (χ1v) is 9.16. The van der Waals surface area contributed by atoms with Crippen LogP contribution in [0.2, 0.25) is 0 Å². The molecule has 0 saturated heterocycles. The Morgan fingerprint density at radius 1 is 1.17 bits per heavy atom. The molecule has 1 fully saturated rings. The molecule has 0 aliphatic heterocycles. The first-order chi connectivity index (χ1) is 11.1. The summed E-state index contributed by atoms with van der Waals surface area (Å²) in [4.78, 5) is 24.1. The molecule has 1 aliphatic carbocycles. The van der Waals surface area contributed by atoms with Crippen LogP contribution in [0, 0.1) is 11.8 Å². The molecule has 0 heterocycles. The van der Waals surface area contributed by atoms with Crippen molar-refractivity contribution in [2.75, 3.05) is 6.61 Å². The highest BCUT2D eigenvalue weighted by molar-refractivity contribution is 5.79. The second-order valence-corrected chi connectivity index (χ2v) is 7.94. The van der Waals surface area contributed by atoms with Gasteiger partial charge < -0.3 is 14.2 Å². The topological polar surface area (TPSA) is 61.8 Å². The fraction of sp³-hybridized carbons (Fsp3) is 0.895. The smallest absolute Gasteiger partial charge is 0.309 e. The van der Waals surface area contributed by atoms with Crippen molar-refractivity contribution in [2.45, 2.75) is 91.5 Å². The summed E-state index contributed by atoms with van der Waals surface area (Å²) in [6.07, 6.45) is 3.96. The quantitative estimate of drug-likeness (QED) is 0.564. The zero-order valence-electron chi connectivity index (χ0n) is 16.1. The Labute approximate surface area is 146 Å². The summed E-state index contributed by atoms with van der Waals surface area (Å²) < 4.78 is 16.7. The number of carbonyl (C=O) groups is 2. The zero-order valence-corrected chi connectivity index (χ0v) is 16.1. The van der Waals surface area contributed by atoms with E-state index in [2.05, 4.69) is 6.92 Å². The third kappa shape index (κ3) is 8.67. The number of hydrogen-bond donors (Lipinski definition) is 0. The van der Waals surface area contributed by atoms with Crippen molar-refractivity contribution in [1.29, 1.82) is 0 Å². The molecule has 0 bridgehead atoms. The van der Waals surface area contributed by atoms with Gasteiger partial charge in [0.15, 0.2) is 0 Å². The maximum atomic E-state index is 12.2. The van der Waals surface area contributed by atoms with Crippen LogP contribution in [-0.2, 0) is 23.8 Å². The van der Waals surface area contributed by atoms with Crippen molar-refractivity contribution in [1.82, 2.24) is 0 Å². The predicted molar refractivity (Wildman–Crippen MR) is 92.6 cm³/mol. The lowest BCUT2D eigenvalue weighted by Gasteiger charge is -2.26. The van der Waals surface area contributed by atoms with Crippen molar-refractivity contribution in [3.8, 4) is 0 Å². The molecule has 0 aromatic rings. The van der Waals surface area contributed by atoms with Gasteiger partial charge in [0.1, 0.15) is 11.7 Å². The van der Waals surface area contributed by atoms with Gasteiger partial charge in [-0.2, -0.15) is 0 Å². The molecule has 0 aromatic heterocycles. The second-order valence-electron chi connectivity index (χ2n) is 7.94. The number of esters is 2. The highest BCUT2D eigenvalue weighted by atomic mass is 16.6. The van der Waals surface area contributed by atoms with E-state index < -0.39 is 11.5 Å². The summed E-state index contributed by atoms with van der Waals surface area (Å²) in [6, 6.07) is 0. The summed E-state index contributed by atoms with van der Waals surface area (Å²) in [5.41, 5.74) is -0.545. The minimum atomic E-state index is -0.545. The van der Waals surface area contributed by atoms with Crippen LogP contribution in [0.4, 0.5) is 0 Å². The van der Waals surface area contributed by atoms with Crippen LogP contribution in [-0.4, -0.2) is 36.4 Å². The first kappa shape index (κ1) is 20.9. The second kappa shape index (κ2) is 9.40. The van der Waals surface area contributed by atoms with Crippen LogP contribution >= 0.6 is 0 Å². The number of hydrogen-bond acceptors (Lipinski definition) is 5. The molecular weight excluding hydrogens is 308 g/mol. The van der Waals surface area contributed by atoms with Gasteiger partial charge in [-0.1, -0.05) is 20.3 Å². The van der Waals surface area contributed by atoms with E-state index in [4.69, 9.17) is 14.2 Å². The van der Waals surface area contributed by atoms with E-state index >= 15 is 0 Å². The lowest BCUT2D eigenvalue weighted by molar-refractivity contribution is -0.167. The third-order valence-electron chi connectivity index (χ3n) is 3.94. The Bertz CT molecular complexity index is 408. The minimum Gasteiger partial charge on any atom is -0.460 e. The fourth-order valence-electron chi connectivity index (χ4n) is 2.37. The van der Waals surface area contributed by atoms with Crippen LogP contribution in [0.3, 0.4) is 0 Å². The summed E-state index contributed by atoms with van der Waals surface area (Å²) in [6.45, 7) is 11.8. The molecule has 5 heteroatoms. The summed E-state index contributed by atoms with van der Waals surface area (Å²) in [7, 11) is 0. The van der Waals surface area contributed by atoms with Crippen molar-refractivity contribution in [2.24, 2.45) is 11.8 Å². The summed E-state index contributed by atoms with van der Waals surface area (Å²) in [5.74, 6) is -0.592. The molecule has 0 unspecified atom stereocenters. The number of carbonyl (C=O) groups excluding carboxylic acids is 2. The summed E-state index contributed by atoms with van der Waals surface area (Å²) >= 11 is 0. The maximum absolute atomic E-state index is 12.2. The molecule has 0 radical (unpaired) electrons. The molecular formula is C19H34O5. The Hall–Kier alpha value is -1.10. The van der Waals surface area contributed by atoms with Crippen LogP contribution in [0.15, 0.2) is 0 Å². The van der Waals surface area contributed by atoms with E-state index in [0.29, 0.717) is 5.92 Å². The van der Waals surface area contributed by atoms with E-state index in [1.165, 1.54) is 12.8 Å². The van der Waals surface area contributed by atoms with Gasteiger partial charge >= 0.3 is 11.9 Å². The molecule has 0 amide bonds. The van der Waals surface area contributed by atoms with Gasteiger partial charge in [0.25, 0.3) is 0 Å². The van der Waals surface area contributed by atoms with Gasteiger partial charge in [-0.25, -0.2) is 0 Å². The normalized spacial score (nSPS) is 18.6. The Morgan fingerprint density at radius 2 is 1.79 bits per heavy atom. The first-order valence-electron chi connectivity index (χ1n) is 9.16. The Morgan fingerprint density at radius 3 is 2.29 bits per heavy atom. The average Bonchev–Trinajstić information content (AvgIpc) is 3.24. The lowest BCUT2D eigenvalue weighted by Crippen LogP contribution is -2.34. The van der Waals surface area contributed by atoms with Crippen LogP contribution < -0.4 is 0 Å². The van der Waals surface area contributed by atoms with Crippen LogP contribution in [0.1, 0.15) is 73.6 Å². The largest absolute Gasteiger partial charge is 0.460 e. The highest BCUT2D eigenvalue weighted by Crippen LogP contribution is 2.30. The van der Waals surface area contributed by atoms with Crippen molar-refractivity contribution < 1.29 is 23.8 Å². The Balaban J connectivity index is 2.42. The average molecular weight is 342 g/mol. The lowest BCUT2D eigenvalue weighted by atomic mass is 10.1. The predicted octanol–water partition coefficient (Wildman–Crippen LogP) is 3.88. The van der Waals surface area contributed by atoms with E-state index in [9.17, 15) is 9.59 Å².